The maximum absolute atomic E-state index is 13.1. The molecule has 0 radical (unpaired) electrons. The Balaban J connectivity index is 1.45. The molecule has 0 aliphatic carbocycles. The van der Waals surface area contributed by atoms with E-state index in [1.807, 2.05) is 35.2 Å². The number of hydrogen-bond donors (Lipinski definition) is 0. The van der Waals surface area contributed by atoms with Gasteiger partial charge in [0.2, 0.25) is 5.89 Å². The van der Waals surface area contributed by atoms with E-state index in [-0.39, 0.29) is 17.7 Å². The summed E-state index contributed by atoms with van der Waals surface area (Å²) in [5.41, 5.74) is 0.547. The van der Waals surface area contributed by atoms with Crippen molar-refractivity contribution in [1.82, 2.24) is 30.1 Å². The third-order valence-electron chi connectivity index (χ3n) is 5.99. The number of carbonyl (C=O) groups excluding carboxylic acids is 2. The molecule has 152 valence electrons. The molecular formula is C21H20N6O3. The van der Waals surface area contributed by atoms with Crippen LogP contribution in [0, 0.1) is 12.8 Å². The topological polar surface area (TPSA) is 105 Å². The molecule has 2 saturated heterocycles. The zero-order valence-corrected chi connectivity index (χ0v) is 16.4. The fraction of sp³-hybridized carbons (Fsp3) is 0.333. The van der Waals surface area contributed by atoms with E-state index in [0.717, 1.165) is 0 Å². The molecular weight excluding hydrogens is 384 g/mol. The van der Waals surface area contributed by atoms with Crippen LogP contribution in [0.4, 0.5) is 0 Å². The van der Waals surface area contributed by atoms with E-state index >= 15 is 0 Å². The Labute approximate surface area is 172 Å². The maximum atomic E-state index is 13.1. The van der Waals surface area contributed by atoms with Gasteiger partial charge in [-0.3, -0.25) is 9.59 Å². The standard InChI is InChI=1S/C21H20N6O3/c1-14-24-20(30-25-14)21-12-26(18(28)15-5-3-2-4-6-15)10-17(21)11-27(13-21)19(29)16-7-8-22-23-9-16/h2-9,17H,10-13H2,1H3/t17-,21-/m1/s1. The second-order valence-corrected chi connectivity index (χ2v) is 7.87. The monoisotopic (exact) mass is 404 g/mol. The number of hydrogen-bond acceptors (Lipinski definition) is 7. The van der Waals surface area contributed by atoms with Gasteiger partial charge in [0.1, 0.15) is 0 Å². The van der Waals surface area contributed by atoms with E-state index in [9.17, 15) is 9.59 Å². The van der Waals surface area contributed by atoms with Gasteiger partial charge in [0, 0.05) is 37.7 Å². The van der Waals surface area contributed by atoms with Crippen LogP contribution in [0.25, 0.3) is 0 Å². The molecule has 0 saturated carbocycles. The van der Waals surface area contributed by atoms with Gasteiger partial charge in [-0.15, -0.1) is 0 Å². The molecule has 0 bridgehead atoms. The zero-order chi connectivity index (χ0) is 20.7. The number of nitrogens with zero attached hydrogens (tertiary/aromatic N) is 6. The van der Waals surface area contributed by atoms with Crippen molar-refractivity contribution in [1.29, 1.82) is 0 Å². The molecule has 9 nitrogen and oxygen atoms in total. The van der Waals surface area contributed by atoms with Crippen molar-refractivity contribution in [2.75, 3.05) is 26.2 Å². The first-order valence-electron chi connectivity index (χ1n) is 9.78. The summed E-state index contributed by atoms with van der Waals surface area (Å²) in [6.45, 7) is 3.61. The summed E-state index contributed by atoms with van der Waals surface area (Å²) < 4.78 is 5.56. The van der Waals surface area contributed by atoms with E-state index in [4.69, 9.17) is 4.52 Å². The van der Waals surface area contributed by atoms with Gasteiger partial charge < -0.3 is 14.3 Å². The lowest BCUT2D eigenvalue weighted by Gasteiger charge is -2.26. The molecule has 2 aliphatic rings. The largest absolute Gasteiger partial charge is 0.339 e. The Morgan fingerprint density at radius 2 is 1.70 bits per heavy atom. The summed E-state index contributed by atoms with van der Waals surface area (Å²) >= 11 is 0. The molecule has 4 heterocycles. The van der Waals surface area contributed by atoms with Crippen molar-refractivity contribution in [3.63, 3.8) is 0 Å². The second-order valence-electron chi connectivity index (χ2n) is 7.87. The first-order valence-corrected chi connectivity index (χ1v) is 9.78. The molecule has 30 heavy (non-hydrogen) atoms. The Morgan fingerprint density at radius 1 is 1.00 bits per heavy atom. The van der Waals surface area contributed by atoms with Gasteiger partial charge in [0.05, 0.1) is 23.4 Å². The lowest BCUT2D eigenvalue weighted by molar-refractivity contribution is 0.0727. The summed E-state index contributed by atoms with van der Waals surface area (Å²) in [5.74, 6) is 0.877. The van der Waals surface area contributed by atoms with Gasteiger partial charge >= 0.3 is 0 Å². The van der Waals surface area contributed by atoms with Gasteiger partial charge in [-0.1, -0.05) is 23.4 Å². The fourth-order valence-corrected chi connectivity index (χ4v) is 4.54. The van der Waals surface area contributed by atoms with E-state index in [1.165, 1.54) is 12.4 Å². The summed E-state index contributed by atoms with van der Waals surface area (Å²) in [7, 11) is 0. The predicted molar refractivity (Wildman–Crippen MR) is 104 cm³/mol. The number of aryl methyl sites for hydroxylation is 1. The van der Waals surface area contributed by atoms with Crippen molar-refractivity contribution in [3.05, 3.63) is 71.6 Å². The van der Waals surface area contributed by atoms with E-state index in [0.29, 0.717) is 49.0 Å². The number of likely N-dealkylation sites (tertiary alicyclic amines) is 2. The van der Waals surface area contributed by atoms with E-state index in [2.05, 4.69) is 20.3 Å². The SMILES string of the molecule is Cc1noc([C@@]23CN(C(=O)c4ccccc4)C[C@@H]2CN(C(=O)c2ccnnc2)C3)n1. The van der Waals surface area contributed by atoms with Crippen LogP contribution in [-0.2, 0) is 5.41 Å². The van der Waals surface area contributed by atoms with Crippen molar-refractivity contribution in [2.45, 2.75) is 12.3 Å². The van der Waals surface area contributed by atoms with Crippen LogP contribution in [0.2, 0.25) is 0 Å². The normalized spacial score (nSPS) is 22.9. The summed E-state index contributed by atoms with van der Waals surface area (Å²) in [6, 6.07) is 10.9. The minimum Gasteiger partial charge on any atom is -0.339 e. The van der Waals surface area contributed by atoms with Crippen LogP contribution in [0.5, 0.6) is 0 Å². The summed E-state index contributed by atoms with van der Waals surface area (Å²) in [5, 5.41) is 11.5. The van der Waals surface area contributed by atoms with Crippen LogP contribution in [0.3, 0.4) is 0 Å². The highest BCUT2D eigenvalue weighted by atomic mass is 16.5. The molecule has 0 N–H and O–H groups in total. The average Bonchev–Trinajstić information content (AvgIpc) is 3.46. The number of amides is 2. The molecule has 1 aromatic carbocycles. The Morgan fingerprint density at radius 3 is 2.30 bits per heavy atom. The Kier molecular flexibility index (Phi) is 4.30. The van der Waals surface area contributed by atoms with Crippen LogP contribution in [0.1, 0.15) is 32.4 Å². The second kappa shape index (κ2) is 7.01. The lowest BCUT2D eigenvalue weighted by atomic mass is 9.81. The summed E-state index contributed by atoms with van der Waals surface area (Å²) in [6.07, 6.45) is 2.96. The smallest absolute Gasteiger partial charge is 0.255 e. The van der Waals surface area contributed by atoms with Gasteiger partial charge in [0.25, 0.3) is 11.8 Å². The molecule has 2 fully saturated rings. The molecule has 2 aliphatic heterocycles. The van der Waals surface area contributed by atoms with Crippen LogP contribution in [0.15, 0.2) is 53.3 Å². The van der Waals surface area contributed by atoms with Crippen LogP contribution >= 0.6 is 0 Å². The first-order chi connectivity index (χ1) is 14.6. The van der Waals surface area contributed by atoms with Gasteiger partial charge in [-0.25, -0.2) is 0 Å². The van der Waals surface area contributed by atoms with Gasteiger partial charge in [-0.2, -0.15) is 15.2 Å². The number of fused-ring (bicyclic) bond motifs is 1. The third kappa shape index (κ3) is 2.94. The highest BCUT2D eigenvalue weighted by Crippen LogP contribution is 2.45. The molecule has 0 spiro atoms. The highest BCUT2D eigenvalue weighted by molar-refractivity contribution is 5.95. The maximum Gasteiger partial charge on any atom is 0.255 e. The van der Waals surface area contributed by atoms with Crippen molar-refractivity contribution < 1.29 is 14.1 Å². The number of benzene rings is 1. The highest BCUT2D eigenvalue weighted by Gasteiger charge is 2.58. The number of carbonyl (C=O) groups is 2. The van der Waals surface area contributed by atoms with Gasteiger partial charge in [-0.05, 0) is 25.1 Å². The Hall–Kier alpha value is -3.62. The lowest BCUT2D eigenvalue weighted by Crippen LogP contribution is -2.41. The molecule has 2 amide bonds. The quantitative estimate of drug-likeness (QED) is 0.648. The molecule has 5 rings (SSSR count). The number of aromatic nitrogens is 4. The van der Waals surface area contributed by atoms with Crippen LogP contribution < -0.4 is 0 Å². The van der Waals surface area contributed by atoms with Gasteiger partial charge in [0.15, 0.2) is 5.82 Å². The molecule has 9 heteroatoms. The minimum atomic E-state index is -0.582. The van der Waals surface area contributed by atoms with Crippen molar-refractivity contribution in [3.8, 4) is 0 Å². The first kappa shape index (κ1) is 18.4. The van der Waals surface area contributed by atoms with E-state index in [1.54, 1.807) is 17.9 Å². The molecule has 0 unspecified atom stereocenters. The molecule has 2 aromatic heterocycles. The third-order valence-corrected chi connectivity index (χ3v) is 5.99. The van der Waals surface area contributed by atoms with E-state index < -0.39 is 5.41 Å². The number of rotatable bonds is 3. The Bertz CT molecular complexity index is 1020. The van der Waals surface area contributed by atoms with Crippen molar-refractivity contribution >= 4 is 11.8 Å². The summed E-state index contributed by atoms with van der Waals surface area (Å²) in [4.78, 5) is 34.2. The van der Waals surface area contributed by atoms with Crippen molar-refractivity contribution in [2.24, 2.45) is 5.92 Å². The fourth-order valence-electron chi connectivity index (χ4n) is 4.54. The minimum absolute atomic E-state index is 0.00348. The average molecular weight is 404 g/mol. The van der Waals surface area contributed by atoms with Crippen LogP contribution in [-0.4, -0.2) is 68.1 Å². The zero-order valence-electron chi connectivity index (χ0n) is 16.4. The predicted octanol–water partition coefficient (Wildman–Crippen LogP) is 1.33. The molecule has 2 atom stereocenters. The molecule has 3 aromatic rings.